The van der Waals surface area contributed by atoms with E-state index >= 15 is 0 Å². The van der Waals surface area contributed by atoms with Crippen molar-refractivity contribution in [2.45, 2.75) is 6.42 Å². The molecule has 0 saturated heterocycles. The summed E-state index contributed by atoms with van der Waals surface area (Å²) in [5.74, 6) is 5.26. The van der Waals surface area contributed by atoms with Crippen molar-refractivity contribution in [1.82, 2.24) is 4.98 Å². The average Bonchev–Trinajstić information content (AvgIpc) is 2.11. The predicted octanol–water partition coefficient (Wildman–Crippen LogP) is 0.503. The molecule has 0 saturated carbocycles. The Balaban J connectivity index is 2.89. The number of hydrogen-bond acceptors (Lipinski definition) is 3. The van der Waals surface area contributed by atoms with Crippen LogP contribution in [0.5, 0.6) is 0 Å². The summed E-state index contributed by atoms with van der Waals surface area (Å²) in [6.45, 7) is 0.482. The molecule has 4 heteroatoms. The smallest absolute Gasteiger partial charge is 0.142 e. The van der Waals surface area contributed by atoms with E-state index in [1.807, 2.05) is 0 Å². The molecule has 0 aromatic carbocycles. The van der Waals surface area contributed by atoms with Crippen LogP contribution in [0.15, 0.2) is 12.3 Å². The van der Waals surface area contributed by atoms with Gasteiger partial charge in [-0.2, -0.15) is 0 Å². The van der Waals surface area contributed by atoms with Gasteiger partial charge in [0.05, 0.1) is 11.8 Å². The molecule has 0 aliphatic carbocycles. The fourth-order valence-corrected chi connectivity index (χ4v) is 0.780. The molecule has 0 fully saturated rings. The van der Waals surface area contributed by atoms with Gasteiger partial charge in [0.1, 0.15) is 11.6 Å². The summed E-state index contributed by atoms with van der Waals surface area (Å²) in [5.41, 5.74) is 11.1. The number of nitrogen functional groups attached to an aromatic ring is 1. The Hall–Kier alpha value is -1.60. The Morgan fingerprint density at radius 2 is 2.31 bits per heavy atom. The molecule has 1 heterocycles. The molecule has 1 aromatic heterocycles. The van der Waals surface area contributed by atoms with Gasteiger partial charge in [-0.25, -0.2) is 9.37 Å². The molecule has 3 nitrogen and oxygen atoms in total. The third kappa shape index (κ3) is 2.73. The largest absolute Gasteiger partial charge is 0.383 e. The van der Waals surface area contributed by atoms with Gasteiger partial charge in [0.15, 0.2) is 0 Å². The number of anilines is 1. The molecule has 0 bridgehead atoms. The summed E-state index contributed by atoms with van der Waals surface area (Å²) in [6, 6.07) is 1.26. The molecule has 0 aliphatic heterocycles. The third-order valence-corrected chi connectivity index (χ3v) is 1.38. The van der Waals surface area contributed by atoms with E-state index in [0.29, 0.717) is 18.5 Å². The van der Waals surface area contributed by atoms with Gasteiger partial charge >= 0.3 is 0 Å². The summed E-state index contributed by atoms with van der Waals surface area (Å²) in [6.07, 6.45) is 1.62. The van der Waals surface area contributed by atoms with Crippen LogP contribution in [-0.2, 0) is 0 Å². The molecular weight excluding hydrogens is 169 g/mol. The van der Waals surface area contributed by atoms with Crippen LogP contribution < -0.4 is 11.5 Å². The van der Waals surface area contributed by atoms with E-state index < -0.39 is 5.82 Å². The zero-order valence-corrected chi connectivity index (χ0v) is 7.05. The molecule has 0 atom stereocenters. The first kappa shape index (κ1) is 9.49. The van der Waals surface area contributed by atoms with Crippen molar-refractivity contribution in [3.63, 3.8) is 0 Å². The highest BCUT2D eigenvalue weighted by atomic mass is 19.1. The van der Waals surface area contributed by atoms with Crippen molar-refractivity contribution >= 4 is 5.82 Å². The Morgan fingerprint density at radius 1 is 1.54 bits per heavy atom. The van der Waals surface area contributed by atoms with Crippen LogP contribution >= 0.6 is 0 Å². The molecule has 0 aliphatic rings. The van der Waals surface area contributed by atoms with Crippen LogP contribution in [0.4, 0.5) is 10.2 Å². The van der Waals surface area contributed by atoms with Crippen LogP contribution in [0.25, 0.3) is 0 Å². The van der Waals surface area contributed by atoms with Crippen LogP contribution in [0.2, 0.25) is 0 Å². The first-order valence-electron chi connectivity index (χ1n) is 3.84. The van der Waals surface area contributed by atoms with E-state index in [2.05, 4.69) is 16.8 Å². The highest BCUT2D eigenvalue weighted by molar-refractivity contribution is 5.50. The van der Waals surface area contributed by atoms with Crippen LogP contribution in [0.1, 0.15) is 12.0 Å². The summed E-state index contributed by atoms with van der Waals surface area (Å²) in [7, 11) is 0. The Kier molecular flexibility index (Phi) is 3.23. The second-order valence-electron chi connectivity index (χ2n) is 2.43. The number of pyridine rings is 1. The molecule has 0 radical (unpaired) electrons. The summed E-state index contributed by atoms with van der Waals surface area (Å²) in [5, 5.41) is 0. The van der Waals surface area contributed by atoms with Crippen molar-refractivity contribution in [3.8, 4) is 11.8 Å². The van der Waals surface area contributed by atoms with Crippen molar-refractivity contribution in [2.75, 3.05) is 12.3 Å². The SMILES string of the molecule is NCCC#Cc1cc(F)cnc1N. The van der Waals surface area contributed by atoms with Gasteiger partial charge in [0.2, 0.25) is 0 Å². The number of nitrogens with two attached hydrogens (primary N) is 2. The summed E-state index contributed by atoms with van der Waals surface area (Å²) in [4.78, 5) is 3.63. The zero-order valence-electron chi connectivity index (χ0n) is 7.05. The maximum Gasteiger partial charge on any atom is 0.142 e. The molecule has 0 amide bonds. The topological polar surface area (TPSA) is 64.9 Å². The van der Waals surface area contributed by atoms with Gasteiger partial charge < -0.3 is 11.5 Å². The molecule has 1 aromatic rings. The lowest BCUT2D eigenvalue weighted by molar-refractivity contribution is 0.621. The van der Waals surface area contributed by atoms with E-state index in [-0.39, 0.29) is 5.82 Å². The van der Waals surface area contributed by atoms with Crippen LogP contribution in [-0.4, -0.2) is 11.5 Å². The lowest BCUT2D eigenvalue weighted by atomic mass is 10.2. The summed E-state index contributed by atoms with van der Waals surface area (Å²) >= 11 is 0. The van der Waals surface area contributed by atoms with Crippen LogP contribution in [0.3, 0.4) is 0 Å². The van der Waals surface area contributed by atoms with Gasteiger partial charge in [0.25, 0.3) is 0 Å². The Morgan fingerprint density at radius 3 is 3.00 bits per heavy atom. The quantitative estimate of drug-likeness (QED) is 0.617. The zero-order chi connectivity index (χ0) is 9.68. The second-order valence-corrected chi connectivity index (χ2v) is 2.43. The van der Waals surface area contributed by atoms with Gasteiger partial charge in [-0.3, -0.25) is 0 Å². The first-order valence-corrected chi connectivity index (χ1v) is 3.84. The van der Waals surface area contributed by atoms with E-state index in [4.69, 9.17) is 11.5 Å². The summed E-state index contributed by atoms with van der Waals surface area (Å²) < 4.78 is 12.6. The van der Waals surface area contributed by atoms with Crippen molar-refractivity contribution in [1.29, 1.82) is 0 Å². The third-order valence-electron chi connectivity index (χ3n) is 1.38. The normalized spacial score (nSPS) is 9.08. The van der Waals surface area contributed by atoms with Gasteiger partial charge in [-0.15, -0.1) is 0 Å². The minimum absolute atomic E-state index is 0.242. The lowest BCUT2D eigenvalue weighted by Crippen LogP contribution is -1.97. The highest BCUT2D eigenvalue weighted by Crippen LogP contribution is 2.07. The molecule has 4 N–H and O–H groups in total. The van der Waals surface area contributed by atoms with E-state index in [1.165, 1.54) is 6.07 Å². The number of halogens is 1. The van der Waals surface area contributed by atoms with E-state index in [0.717, 1.165) is 6.20 Å². The minimum atomic E-state index is -0.439. The molecular formula is C9H10FN3. The standard InChI is InChI=1S/C9H10FN3/c10-8-5-7(3-1-2-4-11)9(12)13-6-8/h5-6H,2,4,11H2,(H2,12,13). The molecule has 13 heavy (non-hydrogen) atoms. The number of nitrogens with zero attached hydrogens (tertiary/aromatic N) is 1. The monoisotopic (exact) mass is 179 g/mol. The van der Waals surface area contributed by atoms with Crippen molar-refractivity contribution in [2.24, 2.45) is 5.73 Å². The first-order chi connectivity index (χ1) is 6.24. The number of rotatable bonds is 1. The fourth-order valence-electron chi connectivity index (χ4n) is 0.780. The molecule has 0 unspecified atom stereocenters. The maximum absolute atomic E-state index is 12.6. The maximum atomic E-state index is 12.6. The molecule has 0 spiro atoms. The van der Waals surface area contributed by atoms with Gasteiger partial charge in [-0.1, -0.05) is 11.8 Å². The van der Waals surface area contributed by atoms with Gasteiger partial charge in [-0.05, 0) is 6.07 Å². The average molecular weight is 179 g/mol. The number of aromatic nitrogens is 1. The molecule has 68 valence electrons. The van der Waals surface area contributed by atoms with Gasteiger partial charge in [0, 0.05) is 13.0 Å². The van der Waals surface area contributed by atoms with E-state index in [1.54, 1.807) is 0 Å². The Bertz CT molecular complexity index is 352. The Labute approximate surface area is 76.0 Å². The van der Waals surface area contributed by atoms with Crippen molar-refractivity contribution < 1.29 is 4.39 Å². The molecule has 1 rings (SSSR count). The number of hydrogen-bond donors (Lipinski definition) is 2. The predicted molar refractivity (Wildman–Crippen MR) is 49.2 cm³/mol. The van der Waals surface area contributed by atoms with Crippen LogP contribution in [0, 0.1) is 17.7 Å². The van der Waals surface area contributed by atoms with Crippen molar-refractivity contribution in [3.05, 3.63) is 23.6 Å². The minimum Gasteiger partial charge on any atom is -0.383 e. The highest BCUT2D eigenvalue weighted by Gasteiger charge is 1.97. The lowest BCUT2D eigenvalue weighted by Gasteiger charge is -1.95. The van der Waals surface area contributed by atoms with E-state index in [9.17, 15) is 4.39 Å². The fraction of sp³-hybridized carbons (Fsp3) is 0.222. The second kappa shape index (κ2) is 4.43.